The molecule has 0 aromatic rings. The maximum absolute atomic E-state index is 12.9. The van der Waals surface area contributed by atoms with E-state index in [9.17, 15) is 14.4 Å². The molecule has 0 bridgehead atoms. The zero-order valence-corrected chi connectivity index (χ0v) is 17.6. The van der Waals surface area contributed by atoms with Gasteiger partial charge in [-0.1, -0.05) is 34.3 Å². The number of fused-ring (bicyclic) bond motifs is 1. The molecule has 6 nitrogen and oxygen atoms in total. The molecule has 0 aromatic heterocycles. The molecular formula is C22H32O6. The molecule has 7 atom stereocenters. The molecule has 1 spiro atoms. The molecule has 0 radical (unpaired) electrons. The molecule has 1 heterocycles. The van der Waals surface area contributed by atoms with E-state index in [4.69, 9.17) is 14.2 Å². The Hall–Kier alpha value is -1.85. The highest BCUT2D eigenvalue weighted by Crippen LogP contribution is 2.66. The van der Waals surface area contributed by atoms with Crippen LogP contribution < -0.4 is 0 Å². The van der Waals surface area contributed by atoms with Crippen molar-refractivity contribution in [3.8, 4) is 0 Å². The maximum Gasteiger partial charge on any atom is 0.320 e. The fraction of sp³-hybridized carbons (Fsp3) is 0.773. The van der Waals surface area contributed by atoms with E-state index in [1.54, 1.807) is 0 Å². The van der Waals surface area contributed by atoms with E-state index in [0.717, 1.165) is 6.42 Å². The molecule has 0 aromatic carbocycles. The lowest BCUT2D eigenvalue weighted by Gasteiger charge is -2.46. The van der Waals surface area contributed by atoms with Gasteiger partial charge < -0.3 is 14.2 Å². The first-order valence-corrected chi connectivity index (χ1v) is 10.3. The number of rotatable bonds is 4. The molecule has 6 heteroatoms. The Labute approximate surface area is 167 Å². The second-order valence-corrected chi connectivity index (χ2v) is 9.15. The maximum atomic E-state index is 12.9. The third-order valence-electron chi connectivity index (χ3n) is 7.59. The third-order valence-corrected chi connectivity index (χ3v) is 7.59. The zero-order chi connectivity index (χ0) is 20.9. The highest BCUT2D eigenvalue weighted by molar-refractivity contribution is 5.86. The predicted octanol–water partition coefficient (Wildman–Crippen LogP) is 3.43. The van der Waals surface area contributed by atoms with Crippen molar-refractivity contribution >= 4 is 17.9 Å². The summed E-state index contributed by atoms with van der Waals surface area (Å²) in [6.07, 6.45) is 1.65. The van der Waals surface area contributed by atoms with Gasteiger partial charge in [0, 0.05) is 12.8 Å². The lowest BCUT2D eigenvalue weighted by molar-refractivity contribution is -0.177. The van der Waals surface area contributed by atoms with E-state index >= 15 is 0 Å². The van der Waals surface area contributed by atoms with Crippen molar-refractivity contribution in [2.75, 3.05) is 6.61 Å². The van der Waals surface area contributed by atoms with Crippen LogP contribution in [0.3, 0.4) is 0 Å². The van der Waals surface area contributed by atoms with Crippen molar-refractivity contribution in [3.05, 3.63) is 12.2 Å². The lowest BCUT2D eigenvalue weighted by Crippen LogP contribution is -2.50. The van der Waals surface area contributed by atoms with Gasteiger partial charge in [-0.3, -0.25) is 14.4 Å². The fourth-order valence-electron chi connectivity index (χ4n) is 5.50. The van der Waals surface area contributed by atoms with E-state index in [-0.39, 0.29) is 41.7 Å². The minimum absolute atomic E-state index is 0.144. The van der Waals surface area contributed by atoms with Gasteiger partial charge in [-0.25, -0.2) is 0 Å². The predicted molar refractivity (Wildman–Crippen MR) is 102 cm³/mol. The second-order valence-electron chi connectivity index (χ2n) is 9.15. The fourth-order valence-corrected chi connectivity index (χ4v) is 5.50. The molecule has 1 saturated heterocycles. The molecule has 156 valence electrons. The van der Waals surface area contributed by atoms with Crippen LogP contribution in [0, 0.1) is 28.6 Å². The highest BCUT2D eigenvalue weighted by atomic mass is 16.6. The van der Waals surface area contributed by atoms with Crippen LogP contribution in [0.5, 0.6) is 0 Å². The molecule has 2 saturated carbocycles. The first kappa shape index (κ1) is 20.9. The van der Waals surface area contributed by atoms with Crippen molar-refractivity contribution in [1.29, 1.82) is 0 Å². The average Bonchev–Trinajstić information content (AvgIpc) is 3.07. The molecule has 2 aliphatic carbocycles. The number of ether oxygens (including phenoxy) is 3. The standard InChI is InChI=1S/C22H32O6/c1-7-12(2)19(24)28-16-9-8-13(3)21(6)11-22(14(4)10-26-20(22)25)18(17(16)21)27-15(5)23/h12-13,16-18H,4,7-11H2,1-3,5-6H3/t12-,13+,16?,17-,18-,21-,22-/m1/s1. The van der Waals surface area contributed by atoms with Crippen LogP contribution in [-0.4, -0.2) is 36.7 Å². The van der Waals surface area contributed by atoms with Crippen molar-refractivity contribution in [1.82, 2.24) is 0 Å². The number of hydrogen-bond acceptors (Lipinski definition) is 6. The number of hydrogen-bond donors (Lipinski definition) is 0. The van der Waals surface area contributed by atoms with Gasteiger partial charge in [-0.2, -0.15) is 0 Å². The van der Waals surface area contributed by atoms with Crippen LogP contribution in [0.2, 0.25) is 0 Å². The Kier molecular flexibility index (Phi) is 5.36. The van der Waals surface area contributed by atoms with E-state index in [0.29, 0.717) is 24.8 Å². The Bertz CT molecular complexity index is 681. The van der Waals surface area contributed by atoms with Crippen molar-refractivity contribution in [3.63, 3.8) is 0 Å². The quantitative estimate of drug-likeness (QED) is 0.414. The van der Waals surface area contributed by atoms with Gasteiger partial charge in [0.15, 0.2) is 0 Å². The molecule has 28 heavy (non-hydrogen) atoms. The summed E-state index contributed by atoms with van der Waals surface area (Å²) in [7, 11) is 0. The molecule has 0 amide bonds. The number of carbonyl (C=O) groups excluding carboxylic acids is 3. The van der Waals surface area contributed by atoms with Crippen molar-refractivity contribution in [2.45, 2.75) is 72.5 Å². The Morgan fingerprint density at radius 2 is 2.00 bits per heavy atom. The topological polar surface area (TPSA) is 78.9 Å². The van der Waals surface area contributed by atoms with Crippen LogP contribution in [0.1, 0.15) is 60.3 Å². The van der Waals surface area contributed by atoms with Crippen LogP contribution >= 0.6 is 0 Å². The number of cyclic esters (lactones) is 1. The minimum Gasteiger partial charge on any atom is -0.462 e. The summed E-state index contributed by atoms with van der Waals surface area (Å²) in [5.74, 6) is -1.24. The Balaban J connectivity index is 2.05. The van der Waals surface area contributed by atoms with Gasteiger partial charge in [0.2, 0.25) is 0 Å². The Morgan fingerprint density at radius 1 is 1.32 bits per heavy atom. The summed E-state index contributed by atoms with van der Waals surface area (Å²) >= 11 is 0. The summed E-state index contributed by atoms with van der Waals surface area (Å²) in [6, 6.07) is 0. The van der Waals surface area contributed by atoms with Crippen molar-refractivity contribution < 1.29 is 28.6 Å². The number of esters is 3. The van der Waals surface area contributed by atoms with Crippen LogP contribution in [0.25, 0.3) is 0 Å². The molecule has 0 N–H and O–H groups in total. The van der Waals surface area contributed by atoms with E-state index in [1.807, 2.05) is 13.8 Å². The van der Waals surface area contributed by atoms with Crippen LogP contribution in [0.15, 0.2) is 12.2 Å². The highest BCUT2D eigenvalue weighted by Gasteiger charge is 2.71. The Morgan fingerprint density at radius 3 is 2.54 bits per heavy atom. The zero-order valence-electron chi connectivity index (χ0n) is 17.6. The summed E-state index contributed by atoms with van der Waals surface area (Å²) in [4.78, 5) is 37.4. The largest absolute Gasteiger partial charge is 0.462 e. The monoisotopic (exact) mass is 392 g/mol. The third kappa shape index (κ3) is 2.96. The first-order chi connectivity index (χ1) is 13.1. The number of carbonyl (C=O) groups is 3. The molecular weight excluding hydrogens is 360 g/mol. The van der Waals surface area contributed by atoms with E-state index < -0.39 is 23.6 Å². The molecule has 1 aliphatic heterocycles. The van der Waals surface area contributed by atoms with Crippen LogP contribution in [-0.2, 0) is 28.6 Å². The van der Waals surface area contributed by atoms with Crippen molar-refractivity contribution in [2.24, 2.45) is 28.6 Å². The van der Waals surface area contributed by atoms with Crippen LogP contribution in [0.4, 0.5) is 0 Å². The lowest BCUT2D eigenvalue weighted by atomic mass is 9.61. The average molecular weight is 392 g/mol. The molecule has 3 rings (SSSR count). The van der Waals surface area contributed by atoms with Gasteiger partial charge in [0.25, 0.3) is 0 Å². The SMILES string of the molecule is C=C1COC(=O)[C@]12C[C@@]1(C)[C@H](C(OC(=O)[C@H](C)CC)CC[C@@H]1C)[C@H]2OC(C)=O. The van der Waals surface area contributed by atoms with E-state index in [1.165, 1.54) is 6.92 Å². The van der Waals surface area contributed by atoms with Gasteiger partial charge in [0.1, 0.15) is 24.2 Å². The summed E-state index contributed by atoms with van der Waals surface area (Å²) in [6.45, 7) is 13.7. The van der Waals surface area contributed by atoms with Gasteiger partial charge in [-0.05, 0) is 42.6 Å². The summed E-state index contributed by atoms with van der Waals surface area (Å²) in [5.41, 5.74) is -0.728. The minimum atomic E-state index is -1.05. The summed E-state index contributed by atoms with van der Waals surface area (Å²) in [5, 5.41) is 0. The second kappa shape index (κ2) is 7.20. The summed E-state index contributed by atoms with van der Waals surface area (Å²) < 4.78 is 17.1. The normalized spacial score (nSPS) is 40.8. The molecule has 3 aliphatic rings. The van der Waals surface area contributed by atoms with Gasteiger partial charge in [0.05, 0.1) is 5.92 Å². The van der Waals surface area contributed by atoms with Gasteiger partial charge >= 0.3 is 17.9 Å². The first-order valence-electron chi connectivity index (χ1n) is 10.3. The van der Waals surface area contributed by atoms with Gasteiger partial charge in [-0.15, -0.1) is 0 Å². The van der Waals surface area contributed by atoms with E-state index in [2.05, 4.69) is 20.4 Å². The molecule has 3 fully saturated rings. The molecule has 1 unspecified atom stereocenters. The smallest absolute Gasteiger partial charge is 0.320 e.